The molecule has 3 rings (SSSR count). The second-order valence-electron chi connectivity index (χ2n) is 6.99. The van der Waals surface area contributed by atoms with Gasteiger partial charge in [0.15, 0.2) is 0 Å². The highest BCUT2D eigenvalue weighted by Gasteiger charge is 2.11. The summed E-state index contributed by atoms with van der Waals surface area (Å²) >= 11 is 0. The standard InChI is InChI=1S/C22H24N4O2/c1-14-6-5-7-18(10-14)22(28)24-20-12-19(9-8-15(20)2)23-21(27)13-26-17(4)11-16(3)25-26/h5-12H,13H2,1-4H3,(H,23,27)(H,24,28). The average Bonchev–Trinajstić information content (AvgIpc) is 2.94. The highest BCUT2D eigenvalue weighted by atomic mass is 16.2. The quantitative estimate of drug-likeness (QED) is 0.706. The zero-order valence-electron chi connectivity index (χ0n) is 16.5. The normalized spacial score (nSPS) is 10.6. The molecule has 0 aliphatic heterocycles. The fraction of sp³-hybridized carbons (Fsp3) is 0.227. The van der Waals surface area contributed by atoms with Crippen molar-refractivity contribution >= 4 is 23.2 Å². The first-order valence-corrected chi connectivity index (χ1v) is 9.11. The third kappa shape index (κ3) is 4.65. The largest absolute Gasteiger partial charge is 0.324 e. The van der Waals surface area contributed by atoms with Crippen molar-refractivity contribution < 1.29 is 9.59 Å². The summed E-state index contributed by atoms with van der Waals surface area (Å²) in [7, 11) is 0. The summed E-state index contributed by atoms with van der Waals surface area (Å²) < 4.78 is 1.67. The molecule has 0 bridgehead atoms. The molecule has 0 radical (unpaired) electrons. The maximum absolute atomic E-state index is 12.5. The van der Waals surface area contributed by atoms with Crippen molar-refractivity contribution in [3.8, 4) is 0 Å². The Labute approximate surface area is 164 Å². The molecule has 2 N–H and O–H groups in total. The molecule has 0 atom stereocenters. The molecular formula is C22H24N4O2. The van der Waals surface area contributed by atoms with Gasteiger partial charge in [-0.05, 0) is 63.6 Å². The molecule has 2 aromatic carbocycles. The first-order valence-electron chi connectivity index (χ1n) is 9.11. The van der Waals surface area contributed by atoms with Crippen LogP contribution in [-0.2, 0) is 11.3 Å². The molecule has 0 saturated carbocycles. The van der Waals surface area contributed by atoms with Crippen LogP contribution in [0.3, 0.4) is 0 Å². The van der Waals surface area contributed by atoms with Gasteiger partial charge in [-0.15, -0.1) is 0 Å². The van der Waals surface area contributed by atoms with Crippen molar-refractivity contribution in [1.82, 2.24) is 9.78 Å². The predicted octanol–water partition coefficient (Wildman–Crippen LogP) is 4.01. The lowest BCUT2D eigenvalue weighted by Crippen LogP contribution is -2.20. The molecule has 1 aromatic heterocycles. The van der Waals surface area contributed by atoms with Gasteiger partial charge >= 0.3 is 0 Å². The van der Waals surface area contributed by atoms with Gasteiger partial charge in [0, 0.05) is 22.6 Å². The average molecular weight is 376 g/mol. The van der Waals surface area contributed by atoms with Gasteiger partial charge in [-0.2, -0.15) is 5.10 Å². The molecule has 0 aliphatic rings. The highest BCUT2D eigenvalue weighted by Crippen LogP contribution is 2.21. The van der Waals surface area contributed by atoms with Gasteiger partial charge in [-0.25, -0.2) is 0 Å². The van der Waals surface area contributed by atoms with Crippen molar-refractivity contribution in [3.63, 3.8) is 0 Å². The van der Waals surface area contributed by atoms with E-state index in [1.165, 1.54) is 0 Å². The number of aromatic nitrogens is 2. The molecule has 28 heavy (non-hydrogen) atoms. The van der Waals surface area contributed by atoms with Gasteiger partial charge in [0.2, 0.25) is 5.91 Å². The van der Waals surface area contributed by atoms with Crippen molar-refractivity contribution in [2.45, 2.75) is 34.2 Å². The minimum Gasteiger partial charge on any atom is -0.324 e. The van der Waals surface area contributed by atoms with Crippen LogP contribution in [0.15, 0.2) is 48.5 Å². The number of carbonyl (C=O) groups excluding carboxylic acids is 2. The Bertz CT molecular complexity index is 1040. The van der Waals surface area contributed by atoms with E-state index in [1.54, 1.807) is 16.8 Å². The van der Waals surface area contributed by atoms with Crippen molar-refractivity contribution in [2.75, 3.05) is 10.6 Å². The molecule has 6 nitrogen and oxygen atoms in total. The number of anilines is 2. The van der Waals surface area contributed by atoms with E-state index < -0.39 is 0 Å². The molecule has 6 heteroatoms. The summed E-state index contributed by atoms with van der Waals surface area (Å²) in [5.74, 6) is -0.357. The summed E-state index contributed by atoms with van der Waals surface area (Å²) in [4.78, 5) is 24.9. The lowest BCUT2D eigenvalue weighted by molar-refractivity contribution is -0.116. The SMILES string of the molecule is Cc1cccc(C(=O)Nc2cc(NC(=O)Cn3nc(C)cc3C)ccc2C)c1. The van der Waals surface area contributed by atoms with Gasteiger partial charge < -0.3 is 10.6 Å². The van der Waals surface area contributed by atoms with Gasteiger partial charge in [-0.1, -0.05) is 23.8 Å². The summed E-state index contributed by atoms with van der Waals surface area (Å²) in [6.07, 6.45) is 0. The number of nitrogens with one attached hydrogen (secondary N) is 2. The molecule has 3 aromatic rings. The summed E-state index contributed by atoms with van der Waals surface area (Å²) in [5.41, 5.74) is 5.63. The van der Waals surface area contributed by atoms with Crippen LogP contribution in [0.25, 0.3) is 0 Å². The van der Waals surface area contributed by atoms with E-state index >= 15 is 0 Å². The predicted molar refractivity (Wildman–Crippen MR) is 111 cm³/mol. The zero-order chi connectivity index (χ0) is 20.3. The second-order valence-corrected chi connectivity index (χ2v) is 6.99. The zero-order valence-corrected chi connectivity index (χ0v) is 16.5. The van der Waals surface area contributed by atoms with Gasteiger partial charge in [0.25, 0.3) is 5.91 Å². The first-order chi connectivity index (χ1) is 13.3. The molecule has 1 heterocycles. The molecule has 0 aliphatic carbocycles. The first kappa shape index (κ1) is 19.4. The maximum atomic E-state index is 12.5. The van der Waals surface area contributed by atoms with E-state index in [4.69, 9.17) is 0 Å². The molecule has 2 amide bonds. The number of hydrogen-bond acceptors (Lipinski definition) is 3. The minimum absolute atomic E-state index is 0.137. The van der Waals surface area contributed by atoms with Crippen LogP contribution < -0.4 is 10.6 Å². The van der Waals surface area contributed by atoms with E-state index in [0.717, 1.165) is 22.5 Å². The lowest BCUT2D eigenvalue weighted by Gasteiger charge is -2.12. The smallest absolute Gasteiger partial charge is 0.255 e. The van der Waals surface area contributed by atoms with Crippen molar-refractivity contribution in [2.24, 2.45) is 0 Å². The minimum atomic E-state index is -0.182. The van der Waals surface area contributed by atoms with Crippen LogP contribution >= 0.6 is 0 Å². The van der Waals surface area contributed by atoms with Gasteiger partial charge in [0.05, 0.1) is 5.69 Å². The number of nitrogens with zero attached hydrogens (tertiary/aromatic N) is 2. The van der Waals surface area contributed by atoms with E-state index in [-0.39, 0.29) is 18.4 Å². The van der Waals surface area contributed by atoms with Crippen LogP contribution in [-0.4, -0.2) is 21.6 Å². The Morgan fingerprint density at radius 3 is 2.43 bits per heavy atom. The van der Waals surface area contributed by atoms with Crippen LogP contribution in [0.4, 0.5) is 11.4 Å². The number of carbonyl (C=O) groups is 2. The van der Waals surface area contributed by atoms with Crippen molar-refractivity contribution in [3.05, 3.63) is 76.6 Å². The number of aryl methyl sites for hydroxylation is 4. The summed E-state index contributed by atoms with van der Waals surface area (Å²) in [5, 5.41) is 10.1. The Kier molecular flexibility index (Phi) is 5.59. The molecule has 0 unspecified atom stereocenters. The molecule has 0 spiro atoms. The van der Waals surface area contributed by atoms with Crippen LogP contribution in [0, 0.1) is 27.7 Å². The van der Waals surface area contributed by atoms with Crippen LogP contribution in [0.5, 0.6) is 0 Å². The Balaban J connectivity index is 1.71. The molecular weight excluding hydrogens is 352 g/mol. The van der Waals surface area contributed by atoms with E-state index in [1.807, 2.05) is 64.1 Å². The van der Waals surface area contributed by atoms with E-state index in [9.17, 15) is 9.59 Å². The third-order valence-corrected chi connectivity index (χ3v) is 4.45. The van der Waals surface area contributed by atoms with E-state index in [2.05, 4.69) is 15.7 Å². The lowest BCUT2D eigenvalue weighted by atomic mass is 10.1. The molecule has 0 fully saturated rings. The topological polar surface area (TPSA) is 76.0 Å². The number of amides is 2. The highest BCUT2D eigenvalue weighted by molar-refractivity contribution is 6.05. The fourth-order valence-electron chi connectivity index (χ4n) is 2.99. The van der Waals surface area contributed by atoms with Crippen LogP contribution in [0.1, 0.15) is 32.9 Å². The second kappa shape index (κ2) is 8.08. The Hall–Kier alpha value is -3.41. The number of benzene rings is 2. The Morgan fingerprint density at radius 2 is 1.75 bits per heavy atom. The van der Waals surface area contributed by atoms with Gasteiger partial charge in [-0.3, -0.25) is 14.3 Å². The maximum Gasteiger partial charge on any atom is 0.255 e. The third-order valence-electron chi connectivity index (χ3n) is 4.45. The van der Waals surface area contributed by atoms with E-state index in [0.29, 0.717) is 16.9 Å². The molecule has 0 saturated heterocycles. The van der Waals surface area contributed by atoms with Crippen LogP contribution in [0.2, 0.25) is 0 Å². The Morgan fingerprint density at radius 1 is 0.964 bits per heavy atom. The summed E-state index contributed by atoms with van der Waals surface area (Å²) in [6.45, 7) is 7.80. The fourth-order valence-corrected chi connectivity index (χ4v) is 2.99. The van der Waals surface area contributed by atoms with Crippen molar-refractivity contribution in [1.29, 1.82) is 0 Å². The van der Waals surface area contributed by atoms with Gasteiger partial charge in [0.1, 0.15) is 6.54 Å². The summed E-state index contributed by atoms with van der Waals surface area (Å²) in [6, 6.07) is 14.8. The monoisotopic (exact) mass is 376 g/mol. The number of hydrogen-bond donors (Lipinski definition) is 2. The number of rotatable bonds is 5. The molecule has 144 valence electrons.